The number of likely N-dealkylation sites (tertiary alicyclic amines) is 1. The van der Waals surface area contributed by atoms with Crippen molar-refractivity contribution in [1.82, 2.24) is 9.88 Å². The summed E-state index contributed by atoms with van der Waals surface area (Å²) in [6.45, 7) is 0.547. The first-order chi connectivity index (χ1) is 10.1. The Kier molecular flexibility index (Phi) is 3.53. The first kappa shape index (κ1) is 13.9. The third kappa shape index (κ3) is 2.34. The molecule has 0 aromatic carbocycles. The summed E-state index contributed by atoms with van der Waals surface area (Å²) in [6.07, 6.45) is 6.24. The van der Waals surface area contributed by atoms with Crippen molar-refractivity contribution in [2.75, 3.05) is 18.5 Å². The van der Waals surface area contributed by atoms with E-state index in [0.717, 1.165) is 19.3 Å². The summed E-state index contributed by atoms with van der Waals surface area (Å²) in [5.74, 6) is -0.455. The number of urea groups is 1. The SMILES string of the molecule is CN(C(=O)N1CC2CCCC2C1C(=O)O)c1cccnc1. The van der Waals surface area contributed by atoms with Gasteiger partial charge < -0.3 is 10.0 Å². The molecule has 3 rings (SSSR count). The molecule has 0 spiro atoms. The predicted molar refractivity (Wildman–Crippen MR) is 77.0 cm³/mol. The zero-order valence-corrected chi connectivity index (χ0v) is 12.0. The topological polar surface area (TPSA) is 73.7 Å². The number of hydrogen-bond donors (Lipinski definition) is 1. The lowest BCUT2D eigenvalue weighted by Gasteiger charge is -2.29. The van der Waals surface area contributed by atoms with Gasteiger partial charge in [-0.25, -0.2) is 9.59 Å². The quantitative estimate of drug-likeness (QED) is 0.901. The van der Waals surface area contributed by atoms with E-state index in [1.807, 2.05) is 0 Å². The number of anilines is 1. The van der Waals surface area contributed by atoms with Crippen LogP contribution in [0.2, 0.25) is 0 Å². The van der Waals surface area contributed by atoms with E-state index in [1.54, 1.807) is 31.6 Å². The van der Waals surface area contributed by atoms with E-state index >= 15 is 0 Å². The summed E-state index contributed by atoms with van der Waals surface area (Å²) < 4.78 is 0. The van der Waals surface area contributed by atoms with Crippen LogP contribution in [0, 0.1) is 11.8 Å². The van der Waals surface area contributed by atoms with Crippen LogP contribution in [0.25, 0.3) is 0 Å². The van der Waals surface area contributed by atoms with E-state index in [2.05, 4.69) is 4.98 Å². The zero-order chi connectivity index (χ0) is 15.0. The molecule has 2 amide bonds. The van der Waals surface area contributed by atoms with Crippen molar-refractivity contribution in [2.45, 2.75) is 25.3 Å². The fourth-order valence-corrected chi connectivity index (χ4v) is 3.67. The lowest BCUT2D eigenvalue weighted by Crippen LogP contribution is -2.48. The molecule has 1 saturated heterocycles. The van der Waals surface area contributed by atoms with Crippen LogP contribution < -0.4 is 4.90 Å². The molecule has 1 aromatic rings. The number of hydrogen-bond acceptors (Lipinski definition) is 3. The molecule has 0 bridgehead atoms. The van der Waals surface area contributed by atoms with Gasteiger partial charge in [-0.05, 0) is 36.8 Å². The maximum absolute atomic E-state index is 12.7. The highest BCUT2D eigenvalue weighted by Crippen LogP contribution is 2.42. The fourth-order valence-electron chi connectivity index (χ4n) is 3.67. The van der Waals surface area contributed by atoms with Gasteiger partial charge in [-0.1, -0.05) is 6.42 Å². The highest BCUT2D eigenvalue weighted by atomic mass is 16.4. The van der Waals surface area contributed by atoms with Gasteiger partial charge in [0.05, 0.1) is 11.9 Å². The van der Waals surface area contributed by atoms with Gasteiger partial charge in [0.1, 0.15) is 6.04 Å². The second-order valence-corrected chi connectivity index (χ2v) is 5.84. The number of carboxylic acids is 1. The average Bonchev–Trinajstić information content (AvgIpc) is 3.06. The molecule has 6 nitrogen and oxygen atoms in total. The number of pyridine rings is 1. The Hall–Kier alpha value is -2.11. The largest absolute Gasteiger partial charge is 0.480 e. The molecular formula is C15H19N3O3. The van der Waals surface area contributed by atoms with E-state index in [-0.39, 0.29) is 11.9 Å². The van der Waals surface area contributed by atoms with Crippen LogP contribution in [0.3, 0.4) is 0 Å². The van der Waals surface area contributed by atoms with E-state index in [4.69, 9.17) is 0 Å². The van der Waals surface area contributed by atoms with Crippen molar-refractivity contribution in [2.24, 2.45) is 11.8 Å². The molecule has 2 aliphatic rings. The van der Waals surface area contributed by atoms with Gasteiger partial charge in [0.25, 0.3) is 0 Å². The number of fused-ring (bicyclic) bond motifs is 1. The van der Waals surface area contributed by atoms with Gasteiger partial charge in [-0.3, -0.25) is 9.88 Å². The van der Waals surface area contributed by atoms with Crippen molar-refractivity contribution in [1.29, 1.82) is 0 Å². The van der Waals surface area contributed by atoms with E-state index in [9.17, 15) is 14.7 Å². The number of amides is 2. The average molecular weight is 289 g/mol. The Morgan fingerprint density at radius 3 is 2.90 bits per heavy atom. The molecule has 1 aliphatic carbocycles. The number of nitrogens with zero attached hydrogens (tertiary/aromatic N) is 3. The van der Waals surface area contributed by atoms with Gasteiger partial charge >= 0.3 is 12.0 Å². The summed E-state index contributed by atoms with van der Waals surface area (Å²) >= 11 is 0. The van der Waals surface area contributed by atoms with Gasteiger partial charge in [0.15, 0.2) is 0 Å². The van der Waals surface area contributed by atoms with Crippen molar-refractivity contribution in [3.63, 3.8) is 0 Å². The van der Waals surface area contributed by atoms with Gasteiger partial charge in [-0.2, -0.15) is 0 Å². The molecule has 1 aliphatic heterocycles. The minimum atomic E-state index is -0.891. The molecule has 6 heteroatoms. The first-order valence-electron chi connectivity index (χ1n) is 7.26. The molecular weight excluding hydrogens is 270 g/mol. The number of carbonyl (C=O) groups excluding carboxylic acids is 1. The zero-order valence-electron chi connectivity index (χ0n) is 12.0. The third-order valence-corrected chi connectivity index (χ3v) is 4.71. The maximum atomic E-state index is 12.7. The smallest absolute Gasteiger partial charge is 0.326 e. The summed E-state index contributed by atoms with van der Waals surface area (Å²) in [7, 11) is 1.66. The Balaban J connectivity index is 1.82. The first-order valence-corrected chi connectivity index (χ1v) is 7.26. The second-order valence-electron chi connectivity index (χ2n) is 5.84. The van der Waals surface area contributed by atoms with Crippen LogP contribution in [0.15, 0.2) is 24.5 Å². The van der Waals surface area contributed by atoms with Crippen LogP contribution in [-0.4, -0.2) is 46.6 Å². The lowest BCUT2D eigenvalue weighted by molar-refractivity contribution is -0.142. The van der Waals surface area contributed by atoms with Crippen molar-refractivity contribution in [3.05, 3.63) is 24.5 Å². The molecule has 3 atom stereocenters. The van der Waals surface area contributed by atoms with Crippen molar-refractivity contribution >= 4 is 17.7 Å². The van der Waals surface area contributed by atoms with Gasteiger partial charge in [-0.15, -0.1) is 0 Å². The molecule has 1 N–H and O–H groups in total. The highest BCUT2D eigenvalue weighted by Gasteiger charge is 2.50. The van der Waals surface area contributed by atoms with Gasteiger partial charge in [0, 0.05) is 19.8 Å². The minimum absolute atomic E-state index is 0.105. The summed E-state index contributed by atoms with van der Waals surface area (Å²) in [5.41, 5.74) is 0.670. The summed E-state index contributed by atoms with van der Waals surface area (Å²) in [4.78, 5) is 31.2. The van der Waals surface area contributed by atoms with Crippen molar-refractivity contribution in [3.8, 4) is 0 Å². The summed E-state index contributed by atoms with van der Waals surface area (Å²) in [5, 5.41) is 9.51. The van der Waals surface area contributed by atoms with Crippen LogP contribution in [0.1, 0.15) is 19.3 Å². The fraction of sp³-hybridized carbons (Fsp3) is 0.533. The Morgan fingerprint density at radius 1 is 1.43 bits per heavy atom. The highest BCUT2D eigenvalue weighted by molar-refractivity contribution is 5.94. The second kappa shape index (κ2) is 5.35. The molecule has 2 heterocycles. The Morgan fingerprint density at radius 2 is 2.24 bits per heavy atom. The molecule has 21 heavy (non-hydrogen) atoms. The standard InChI is InChI=1S/C15H19N3O3/c1-17(11-5-3-7-16-8-11)15(21)18-9-10-4-2-6-12(10)13(18)14(19)20/h3,5,7-8,10,12-13H,2,4,6,9H2,1H3,(H,19,20). The number of carbonyl (C=O) groups is 2. The monoisotopic (exact) mass is 289 g/mol. The van der Waals surface area contributed by atoms with Crippen LogP contribution >= 0.6 is 0 Å². The van der Waals surface area contributed by atoms with Crippen LogP contribution in [-0.2, 0) is 4.79 Å². The number of rotatable bonds is 2. The van der Waals surface area contributed by atoms with Gasteiger partial charge in [0.2, 0.25) is 0 Å². The molecule has 3 unspecified atom stereocenters. The predicted octanol–water partition coefficient (Wildman–Crippen LogP) is 1.82. The molecule has 1 saturated carbocycles. The number of carboxylic acid groups (broad SMARTS) is 1. The molecule has 112 valence electrons. The van der Waals surface area contributed by atoms with E-state index in [0.29, 0.717) is 18.2 Å². The Bertz CT molecular complexity index is 548. The maximum Gasteiger partial charge on any atom is 0.326 e. The normalized spacial score (nSPS) is 27.5. The molecule has 2 fully saturated rings. The molecule has 1 aromatic heterocycles. The molecule has 0 radical (unpaired) electrons. The number of aromatic nitrogens is 1. The lowest BCUT2D eigenvalue weighted by atomic mass is 9.94. The van der Waals surface area contributed by atoms with Crippen LogP contribution in [0.4, 0.5) is 10.5 Å². The Labute approximate surface area is 123 Å². The third-order valence-electron chi connectivity index (χ3n) is 4.71. The summed E-state index contributed by atoms with van der Waals surface area (Å²) in [6, 6.07) is 2.60. The van der Waals surface area contributed by atoms with Crippen molar-refractivity contribution < 1.29 is 14.7 Å². The van der Waals surface area contributed by atoms with Crippen LogP contribution in [0.5, 0.6) is 0 Å². The minimum Gasteiger partial charge on any atom is -0.480 e. The number of aliphatic carboxylic acids is 1. The van der Waals surface area contributed by atoms with E-state index in [1.165, 1.54) is 9.80 Å². The van der Waals surface area contributed by atoms with E-state index < -0.39 is 12.0 Å².